The number of carbonyl (C=O) groups is 2. The summed E-state index contributed by atoms with van der Waals surface area (Å²) >= 11 is 0. The first-order chi connectivity index (χ1) is 9.86. The third kappa shape index (κ3) is 6.13. The van der Waals surface area contributed by atoms with Crippen molar-refractivity contribution in [1.29, 1.82) is 0 Å². The minimum atomic E-state index is -3.53. The van der Waals surface area contributed by atoms with Gasteiger partial charge in [0.15, 0.2) is 0 Å². The Morgan fingerprint density at radius 2 is 1.95 bits per heavy atom. The van der Waals surface area contributed by atoms with Crippen molar-refractivity contribution in [2.45, 2.75) is 58.4 Å². The number of sulfonamides is 1. The molecule has 0 aromatic carbocycles. The van der Waals surface area contributed by atoms with Gasteiger partial charge in [0.2, 0.25) is 10.0 Å². The van der Waals surface area contributed by atoms with E-state index in [1.165, 1.54) is 11.2 Å². The molecule has 1 saturated heterocycles. The van der Waals surface area contributed by atoms with Crippen molar-refractivity contribution in [3.8, 4) is 0 Å². The Balaban J connectivity index is 2.75. The summed E-state index contributed by atoms with van der Waals surface area (Å²) in [6.45, 7) is 3.84. The van der Waals surface area contributed by atoms with Crippen LogP contribution in [0.15, 0.2) is 0 Å². The fourth-order valence-electron chi connectivity index (χ4n) is 2.62. The van der Waals surface area contributed by atoms with E-state index in [0.29, 0.717) is 13.0 Å². The normalized spacial score (nSPS) is 20.8. The highest BCUT2D eigenvalue weighted by atomic mass is 32.2. The number of nitrogens with zero attached hydrogens (tertiary/aromatic N) is 1. The van der Waals surface area contributed by atoms with Crippen molar-refractivity contribution in [3.05, 3.63) is 0 Å². The summed E-state index contributed by atoms with van der Waals surface area (Å²) in [5, 5.41) is 0. The van der Waals surface area contributed by atoms with Crippen molar-refractivity contribution < 1.29 is 22.7 Å². The Kier molecular flexibility index (Phi) is 7.31. The molecule has 1 rings (SSSR count). The van der Waals surface area contributed by atoms with Gasteiger partial charge in [0, 0.05) is 19.0 Å². The number of hydrogen-bond acceptors (Lipinski definition) is 5. The number of carbonyl (C=O) groups excluding carboxylic acids is 2. The number of hydrogen-bond donors (Lipinski definition) is 0. The zero-order chi connectivity index (χ0) is 15.9. The molecule has 0 N–H and O–H groups in total. The molecular formula is C14H25NO5S. The Labute approximate surface area is 126 Å². The third-order valence-electron chi connectivity index (χ3n) is 3.57. The Hall–Kier alpha value is -0.950. The minimum absolute atomic E-state index is 0.00695. The molecule has 0 bridgehead atoms. The lowest BCUT2D eigenvalue weighted by Gasteiger charge is -2.28. The molecule has 0 aromatic heterocycles. The van der Waals surface area contributed by atoms with Crippen LogP contribution in [0.5, 0.6) is 0 Å². The van der Waals surface area contributed by atoms with E-state index < -0.39 is 16.0 Å². The second-order valence-electron chi connectivity index (χ2n) is 5.39. The highest BCUT2D eigenvalue weighted by molar-refractivity contribution is 7.89. The monoisotopic (exact) mass is 319 g/mol. The van der Waals surface area contributed by atoms with Gasteiger partial charge < -0.3 is 4.74 Å². The predicted molar refractivity (Wildman–Crippen MR) is 79.3 cm³/mol. The number of Topliss-reactive ketones (excluding diaryl/α,β-unsaturated/α-hetero) is 1. The van der Waals surface area contributed by atoms with Crippen LogP contribution in [0.2, 0.25) is 0 Å². The maximum absolute atomic E-state index is 12.4. The highest BCUT2D eigenvalue weighted by Gasteiger charge is 2.32. The maximum Gasteiger partial charge on any atom is 0.306 e. The summed E-state index contributed by atoms with van der Waals surface area (Å²) in [7, 11) is -3.53. The molecule has 21 heavy (non-hydrogen) atoms. The predicted octanol–water partition coefficient (Wildman–Crippen LogP) is 1.49. The second kappa shape index (κ2) is 8.48. The van der Waals surface area contributed by atoms with Crippen molar-refractivity contribution in [3.63, 3.8) is 0 Å². The van der Waals surface area contributed by atoms with Crippen LogP contribution in [0.4, 0.5) is 0 Å². The number of rotatable bonds is 7. The van der Waals surface area contributed by atoms with Gasteiger partial charge in [-0.15, -0.1) is 0 Å². The van der Waals surface area contributed by atoms with E-state index in [9.17, 15) is 18.0 Å². The molecule has 0 aliphatic carbocycles. The van der Waals surface area contributed by atoms with Crippen LogP contribution in [0.1, 0.15) is 52.4 Å². The molecule has 1 aliphatic rings. The number of esters is 1. The third-order valence-corrected chi connectivity index (χ3v) is 5.49. The van der Waals surface area contributed by atoms with Crippen molar-refractivity contribution in [1.82, 2.24) is 4.31 Å². The van der Waals surface area contributed by atoms with Crippen LogP contribution in [0, 0.1) is 0 Å². The lowest BCUT2D eigenvalue weighted by atomic mass is 10.1. The second-order valence-corrected chi connectivity index (χ2v) is 7.43. The van der Waals surface area contributed by atoms with E-state index in [1.807, 2.05) is 0 Å². The zero-order valence-corrected chi connectivity index (χ0v) is 13.7. The Morgan fingerprint density at radius 3 is 2.57 bits per heavy atom. The molecule has 0 radical (unpaired) electrons. The van der Waals surface area contributed by atoms with Crippen molar-refractivity contribution >= 4 is 21.8 Å². The molecule has 1 fully saturated rings. The van der Waals surface area contributed by atoms with Gasteiger partial charge in [0.25, 0.3) is 0 Å². The van der Waals surface area contributed by atoms with Crippen LogP contribution in [0.3, 0.4) is 0 Å². The van der Waals surface area contributed by atoms with E-state index in [4.69, 9.17) is 4.74 Å². The summed E-state index contributed by atoms with van der Waals surface area (Å²) in [6, 6.07) is -0.266. The van der Waals surface area contributed by atoms with Gasteiger partial charge in [-0.05, 0) is 26.7 Å². The molecular weight excluding hydrogens is 294 g/mol. The maximum atomic E-state index is 12.4. The van der Waals surface area contributed by atoms with Gasteiger partial charge in [0.1, 0.15) is 5.78 Å². The average molecular weight is 319 g/mol. The zero-order valence-electron chi connectivity index (χ0n) is 12.8. The first-order valence-corrected chi connectivity index (χ1v) is 9.12. The SMILES string of the molecule is CCOC(=O)CCS(=O)(=O)N1CCCCCC1CC(C)=O. The molecule has 7 heteroatoms. The standard InChI is InChI=1S/C14H25NO5S/c1-3-20-14(17)8-10-21(18,19)15-9-6-4-5-7-13(15)11-12(2)16/h13H,3-11H2,1-2H3. The van der Waals surface area contributed by atoms with Gasteiger partial charge in [0.05, 0.1) is 18.8 Å². The van der Waals surface area contributed by atoms with Gasteiger partial charge in [-0.3, -0.25) is 9.59 Å². The van der Waals surface area contributed by atoms with Crippen LogP contribution in [-0.2, 0) is 24.3 Å². The highest BCUT2D eigenvalue weighted by Crippen LogP contribution is 2.23. The number of ketones is 1. The van der Waals surface area contributed by atoms with E-state index in [1.54, 1.807) is 6.92 Å². The summed E-state index contributed by atoms with van der Waals surface area (Å²) in [5.74, 6) is -0.758. The molecule has 1 atom stereocenters. The molecule has 0 spiro atoms. The van der Waals surface area contributed by atoms with Crippen LogP contribution < -0.4 is 0 Å². The lowest BCUT2D eigenvalue weighted by Crippen LogP contribution is -2.42. The summed E-state index contributed by atoms with van der Waals surface area (Å²) in [6.07, 6.45) is 3.52. The van der Waals surface area contributed by atoms with Crippen molar-refractivity contribution in [2.24, 2.45) is 0 Å². The Bertz CT molecular complexity index is 460. The summed E-state index contributed by atoms with van der Waals surface area (Å²) in [4.78, 5) is 22.7. The van der Waals surface area contributed by atoms with E-state index in [0.717, 1.165) is 19.3 Å². The van der Waals surface area contributed by atoms with Crippen LogP contribution in [-0.4, -0.2) is 49.4 Å². The minimum Gasteiger partial charge on any atom is -0.466 e. The van der Waals surface area contributed by atoms with Gasteiger partial charge >= 0.3 is 5.97 Å². The molecule has 1 aliphatic heterocycles. The molecule has 122 valence electrons. The smallest absolute Gasteiger partial charge is 0.306 e. The fraction of sp³-hybridized carbons (Fsp3) is 0.857. The number of ether oxygens (including phenoxy) is 1. The quantitative estimate of drug-likeness (QED) is 0.664. The van der Waals surface area contributed by atoms with Gasteiger partial charge in [-0.1, -0.05) is 12.8 Å². The molecule has 6 nitrogen and oxygen atoms in total. The largest absolute Gasteiger partial charge is 0.466 e. The average Bonchev–Trinajstić information content (AvgIpc) is 2.62. The molecule has 1 unspecified atom stereocenters. The summed E-state index contributed by atoms with van der Waals surface area (Å²) < 4.78 is 31.1. The first kappa shape index (κ1) is 18.1. The lowest BCUT2D eigenvalue weighted by molar-refractivity contribution is -0.142. The first-order valence-electron chi connectivity index (χ1n) is 7.51. The van der Waals surface area contributed by atoms with Crippen molar-refractivity contribution in [2.75, 3.05) is 18.9 Å². The molecule has 0 aromatic rings. The molecule has 0 amide bonds. The van der Waals surface area contributed by atoms with Gasteiger partial charge in [-0.2, -0.15) is 4.31 Å². The topological polar surface area (TPSA) is 80.8 Å². The fourth-order valence-corrected chi connectivity index (χ4v) is 4.32. The van der Waals surface area contributed by atoms with Crippen LogP contribution in [0.25, 0.3) is 0 Å². The van der Waals surface area contributed by atoms with Gasteiger partial charge in [-0.25, -0.2) is 8.42 Å². The van der Waals surface area contributed by atoms with E-state index in [2.05, 4.69) is 0 Å². The van der Waals surface area contributed by atoms with E-state index in [-0.39, 0.29) is 37.0 Å². The van der Waals surface area contributed by atoms with E-state index >= 15 is 0 Å². The summed E-state index contributed by atoms with van der Waals surface area (Å²) in [5.41, 5.74) is 0. The molecule has 1 heterocycles. The molecule has 0 saturated carbocycles. The van der Waals surface area contributed by atoms with Crippen LogP contribution >= 0.6 is 0 Å². The Morgan fingerprint density at radius 1 is 1.24 bits per heavy atom.